The van der Waals surface area contributed by atoms with E-state index < -0.39 is 0 Å². The first-order valence-electron chi connectivity index (χ1n) is 7.20. The van der Waals surface area contributed by atoms with E-state index in [2.05, 4.69) is 16.1 Å². The maximum absolute atomic E-state index is 12.3. The molecular weight excluding hydrogens is 286 g/mol. The fourth-order valence-electron chi connectivity index (χ4n) is 2.36. The number of hydrogen-bond donors (Lipinski definition) is 0. The summed E-state index contributed by atoms with van der Waals surface area (Å²) in [6.45, 7) is 3.84. The van der Waals surface area contributed by atoms with Crippen LogP contribution in [0.25, 0.3) is 0 Å². The van der Waals surface area contributed by atoms with Gasteiger partial charge in [0.1, 0.15) is 18.7 Å². The van der Waals surface area contributed by atoms with Gasteiger partial charge in [-0.2, -0.15) is 5.10 Å². The minimum Gasteiger partial charge on any atom is -0.297 e. The summed E-state index contributed by atoms with van der Waals surface area (Å²) in [5.74, 6) is 0.192. The van der Waals surface area contributed by atoms with Crippen molar-refractivity contribution in [3.05, 3.63) is 47.5 Å². The van der Waals surface area contributed by atoms with Crippen molar-refractivity contribution in [2.45, 2.75) is 39.2 Å². The lowest BCUT2D eigenvalue weighted by Gasteiger charge is -2.18. The van der Waals surface area contributed by atoms with E-state index in [0.717, 1.165) is 24.3 Å². The van der Waals surface area contributed by atoms with Crippen LogP contribution in [0.15, 0.2) is 36.9 Å². The molecule has 1 aromatic carbocycles. The number of carbonyl (C=O) groups is 1. The molecular formula is C16H20ClN3O. The first-order valence-corrected chi connectivity index (χ1v) is 7.58. The van der Waals surface area contributed by atoms with E-state index in [-0.39, 0.29) is 17.7 Å². The highest BCUT2D eigenvalue weighted by molar-refractivity contribution is 6.30. The number of aryl methyl sites for hydroxylation is 1. The fourth-order valence-corrected chi connectivity index (χ4v) is 2.57. The molecule has 0 radical (unpaired) electrons. The Labute approximate surface area is 130 Å². The van der Waals surface area contributed by atoms with Gasteiger partial charge in [-0.3, -0.25) is 4.79 Å². The van der Waals surface area contributed by atoms with Crippen molar-refractivity contribution >= 4 is 17.4 Å². The van der Waals surface area contributed by atoms with Gasteiger partial charge in [-0.25, -0.2) is 9.67 Å². The Morgan fingerprint density at radius 2 is 2.19 bits per heavy atom. The van der Waals surface area contributed by atoms with E-state index in [1.54, 1.807) is 11.0 Å². The SMILES string of the molecule is CC(C)C(=O)C(CCCc1cccc(Cl)c1)n1cncn1. The van der Waals surface area contributed by atoms with Crippen LogP contribution in [0.1, 0.15) is 38.3 Å². The van der Waals surface area contributed by atoms with Gasteiger partial charge in [0.2, 0.25) is 0 Å². The van der Waals surface area contributed by atoms with Crippen LogP contribution < -0.4 is 0 Å². The van der Waals surface area contributed by atoms with Gasteiger partial charge in [-0.1, -0.05) is 37.6 Å². The van der Waals surface area contributed by atoms with Crippen molar-refractivity contribution in [1.82, 2.24) is 14.8 Å². The second kappa shape index (κ2) is 7.36. The number of carbonyl (C=O) groups excluding carboxylic acids is 1. The predicted molar refractivity (Wildman–Crippen MR) is 83.3 cm³/mol. The normalized spacial score (nSPS) is 12.6. The first kappa shape index (κ1) is 15.7. The van der Waals surface area contributed by atoms with Crippen molar-refractivity contribution in [3.8, 4) is 0 Å². The Morgan fingerprint density at radius 1 is 1.38 bits per heavy atom. The van der Waals surface area contributed by atoms with Crippen molar-refractivity contribution in [2.24, 2.45) is 5.92 Å². The molecule has 0 saturated heterocycles. The van der Waals surface area contributed by atoms with Crippen LogP contribution in [0, 0.1) is 5.92 Å². The largest absolute Gasteiger partial charge is 0.297 e. The van der Waals surface area contributed by atoms with Crippen LogP contribution in [-0.4, -0.2) is 20.5 Å². The van der Waals surface area contributed by atoms with Crippen molar-refractivity contribution in [2.75, 3.05) is 0 Å². The third kappa shape index (κ3) is 4.39. The van der Waals surface area contributed by atoms with Gasteiger partial charge >= 0.3 is 0 Å². The van der Waals surface area contributed by atoms with Crippen LogP contribution in [0.3, 0.4) is 0 Å². The average Bonchev–Trinajstić information content (AvgIpc) is 2.97. The van der Waals surface area contributed by atoms with E-state index in [1.165, 1.54) is 11.9 Å². The third-order valence-electron chi connectivity index (χ3n) is 3.49. The number of Topliss-reactive ketones (excluding diaryl/α,β-unsaturated/α-hetero) is 1. The smallest absolute Gasteiger partial charge is 0.159 e. The molecule has 0 spiro atoms. The Hall–Kier alpha value is -1.68. The molecule has 112 valence electrons. The minimum absolute atomic E-state index is 0.00892. The topological polar surface area (TPSA) is 47.8 Å². The molecule has 0 aliphatic carbocycles. The summed E-state index contributed by atoms with van der Waals surface area (Å²) < 4.78 is 1.67. The van der Waals surface area contributed by atoms with Gasteiger partial charge in [-0.05, 0) is 37.0 Å². The quantitative estimate of drug-likeness (QED) is 0.783. The summed E-state index contributed by atoms with van der Waals surface area (Å²) >= 11 is 5.98. The lowest BCUT2D eigenvalue weighted by Crippen LogP contribution is -2.24. The summed E-state index contributed by atoms with van der Waals surface area (Å²) in [5.41, 5.74) is 1.19. The molecule has 0 aliphatic heterocycles. The monoisotopic (exact) mass is 305 g/mol. The second-order valence-electron chi connectivity index (χ2n) is 5.47. The molecule has 5 heteroatoms. The number of rotatable bonds is 7. The second-order valence-corrected chi connectivity index (χ2v) is 5.91. The van der Waals surface area contributed by atoms with E-state index in [1.807, 2.05) is 32.0 Å². The van der Waals surface area contributed by atoms with Crippen LogP contribution >= 0.6 is 11.6 Å². The van der Waals surface area contributed by atoms with Gasteiger partial charge in [0, 0.05) is 10.9 Å². The Bertz CT molecular complexity index is 581. The zero-order valence-corrected chi connectivity index (χ0v) is 13.1. The minimum atomic E-state index is -0.230. The molecule has 0 saturated carbocycles. The van der Waals surface area contributed by atoms with Gasteiger partial charge in [0.05, 0.1) is 0 Å². The van der Waals surface area contributed by atoms with Crippen LogP contribution in [0.5, 0.6) is 0 Å². The van der Waals surface area contributed by atoms with Crippen molar-refractivity contribution in [3.63, 3.8) is 0 Å². The summed E-state index contributed by atoms with van der Waals surface area (Å²) in [6.07, 6.45) is 5.65. The van der Waals surface area contributed by atoms with Gasteiger partial charge in [-0.15, -0.1) is 0 Å². The van der Waals surface area contributed by atoms with E-state index in [4.69, 9.17) is 11.6 Å². The molecule has 2 rings (SSSR count). The highest BCUT2D eigenvalue weighted by Gasteiger charge is 2.23. The number of hydrogen-bond acceptors (Lipinski definition) is 3. The maximum Gasteiger partial charge on any atom is 0.159 e. The molecule has 0 N–H and O–H groups in total. The predicted octanol–water partition coefficient (Wildman–Crippen LogP) is 3.72. The zero-order valence-electron chi connectivity index (χ0n) is 12.4. The highest BCUT2D eigenvalue weighted by atomic mass is 35.5. The van der Waals surface area contributed by atoms with E-state index in [0.29, 0.717) is 0 Å². The van der Waals surface area contributed by atoms with Gasteiger partial charge < -0.3 is 0 Å². The number of aromatic nitrogens is 3. The summed E-state index contributed by atoms with van der Waals surface area (Å²) in [6, 6.07) is 7.61. The molecule has 1 unspecified atom stereocenters. The number of nitrogens with zero attached hydrogens (tertiary/aromatic N) is 3. The summed E-state index contributed by atoms with van der Waals surface area (Å²) in [7, 11) is 0. The van der Waals surface area contributed by atoms with Gasteiger partial charge in [0.15, 0.2) is 5.78 Å². The number of benzene rings is 1. The molecule has 0 fully saturated rings. The Balaban J connectivity index is 1.98. The van der Waals surface area contributed by atoms with Crippen molar-refractivity contribution in [1.29, 1.82) is 0 Å². The molecule has 1 atom stereocenters. The Kier molecular flexibility index (Phi) is 5.51. The molecule has 0 bridgehead atoms. The molecule has 21 heavy (non-hydrogen) atoms. The fraction of sp³-hybridized carbons (Fsp3) is 0.438. The number of halogens is 1. The van der Waals surface area contributed by atoms with Gasteiger partial charge in [0.25, 0.3) is 0 Å². The average molecular weight is 306 g/mol. The van der Waals surface area contributed by atoms with E-state index >= 15 is 0 Å². The van der Waals surface area contributed by atoms with Crippen molar-refractivity contribution < 1.29 is 4.79 Å². The van der Waals surface area contributed by atoms with Crippen LogP contribution in [0.4, 0.5) is 0 Å². The molecule has 1 aromatic heterocycles. The van der Waals surface area contributed by atoms with Crippen LogP contribution in [-0.2, 0) is 11.2 Å². The molecule has 0 aliphatic rings. The molecule has 2 aromatic rings. The summed E-state index contributed by atoms with van der Waals surface area (Å²) in [4.78, 5) is 16.3. The third-order valence-corrected chi connectivity index (χ3v) is 3.72. The first-order chi connectivity index (χ1) is 10.1. The lowest BCUT2D eigenvalue weighted by molar-refractivity contribution is -0.125. The standard InChI is InChI=1S/C16H20ClN3O/c1-12(2)16(21)15(20-11-18-10-19-20)8-4-6-13-5-3-7-14(17)9-13/h3,5,7,9-12,15H,4,6,8H2,1-2H3. The molecule has 1 heterocycles. The zero-order chi connectivity index (χ0) is 15.2. The molecule has 4 nitrogen and oxygen atoms in total. The maximum atomic E-state index is 12.3. The number of ketones is 1. The van der Waals surface area contributed by atoms with Crippen LogP contribution in [0.2, 0.25) is 5.02 Å². The highest BCUT2D eigenvalue weighted by Crippen LogP contribution is 2.20. The lowest BCUT2D eigenvalue weighted by atomic mass is 9.96. The Morgan fingerprint density at radius 3 is 2.81 bits per heavy atom. The van der Waals surface area contributed by atoms with E-state index in [9.17, 15) is 4.79 Å². The molecule has 0 amide bonds. The summed E-state index contributed by atoms with van der Waals surface area (Å²) in [5, 5.41) is 4.87.